The van der Waals surface area contributed by atoms with Crippen molar-refractivity contribution < 1.29 is 0 Å². The summed E-state index contributed by atoms with van der Waals surface area (Å²) in [6, 6.07) is 10.6. The molecule has 4 nitrogen and oxygen atoms in total. The Kier molecular flexibility index (Phi) is 2.84. The summed E-state index contributed by atoms with van der Waals surface area (Å²) >= 11 is 0. The normalized spacial score (nSPS) is 11.2. The number of benzene rings is 1. The molecular weight excluding hydrogens is 226 g/mol. The van der Waals surface area contributed by atoms with Gasteiger partial charge in [0, 0.05) is 17.2 Å². The van der Waals surface area contributed by atoms with Gasteiger partial charge in [0.25, 0.3) is 5.56 Å². The summed E-state index contributed by atoms with van der Waals surface area (Å²) in [5, 5.41) is 11.8. The second-order valence-electron chi connectivity index (χ2n) is 5.25. The van der Waals surface area contributed by atoms with Crippen molar-refractivity contribution >= 4 is 0 Å². The second-order valence-corrected chi connectivity index (χ2v) is 5.25. The molecule has 4 heteroatoms. The van der Waals surface area contributed by atoms with Crippen LogP contribution in [0.25, 0.3) is 5.69 Å². The number of rotatable bonds is 1. The molecule has 18 heavy (non-hydrogen) atoms. The van der Waals surface area contributed by atoms with Crippen molar-refractivity contribution in [2.45, 2.75) is 26.2 Å². The highest BCUT2D eigenvalue weighted by Crippen LogP contribution is 2.19. The number of H-pyrrole nitrogens is 1. The Hall–Kier alpha value is -2.28. The van der Waals surface area contributed by atoms with Crippen LogP contribution < -0.4 is 5.56 Å². The van der Waals surface area contributed by atoms with Crippen LogP contribution in [0.3, 0.4) is 0 Å². The lowest BCUT2D eigenvalue weighted by atomic mass is 9.93. The molecule has 0 spiro atoms. The molecular formula is C14H15N3O. The van der Waals surface area contributed by atoms with Gasteiger partial charge in [0.05, 0.1) is 17.3 Å². The van der Waals surface area contributed by atoms with Gasteiger partial charge in [0.1, 0.15) is 0 Å². The summed E-state index contributed by atoms with van der Waals surface area (Å²) in [5.74, 6) is 0. The van der Waals surface area contributed by atoms with Gasteiger partial charge >= 0.3 is 0 Å². The van der Waals surface area contributed by atoms with E-state index >= 15 is 0 Å². The zero-order valence-electron chi connectivity index (χ0n) is 10.7. The van der Waals surface area contributed by atoms with E-state index in [4.69, 9.17) is 5.26 Å². The van der Waals surface area contributed by atoms with Crippen LogP contribution in [0.5, 0.6) is 0 Å². The van der Waals surface area contributed by atoms with Crippen molar-refractivity contribution in [3.8, 4) is 11.8 Å². The van der Waals surface area contributed by atoms with Gasteiger partial charge in [0.2, 0.25) is 0 Å². The van der Waals surface area contributed by atoms with Crippen LogP contribution in [0.2, 0.25) is 0 Å². The Labute approximate surface area is 105 Å². The monoisotopic (exact) mass is 241 g/mol. The first-order chi connectivity index (χ1) is 8.41. The fourth-order valence-electron chi connectivity index (χ4n) is 1.66. The molecule has 0 saturated carbocycles. The molecule has 1 heterocycles. The molecule has 1 N–H and O–H groups in total. The van der Waals surface area contributed by atoms with Crippen molar-refractivity contribution in [1.82, 2.24) is 9.78 Å². The number of hydrogen-bond acceptors (Lipinski definition) is 2. The van der Waals surface area contributed by atoms with Crippen molar-refractivity contribution in [3.05, 3.63) is 51.9 Å². The van der Waals surface area contributed by atoms with Gasteiger partial charge in [0.15, 0.2) is 0 Å². The minimum Gasteiger partial charge on any atom is -0.294 e. The van der Waals surface area contributed by atoms with Crippen LogP contribution in [-0.2, 0) is 5.41 Å². The molecule has 0 aliphatic carbocycles. The molecule has 0 aliphatic heterocycles. The fourth-order valence-corrected chi connectivity index (χ4v) is 1.66. The Morgan fingerprint density at radius 3 is 2.28 bits per heavy atom. The number of hydrogen-bond donors (Lipinski definition) is 1. The predicted molar refractivity (Wildman–Crippen MR) is 69.8 cm³/mol. The summed E-state index contributed by atoms with van der Waals surface area (Å²) < 4.78 is 1.49. The largest absolute Gasteiger partial charge is 0.294 e. The second kappa shape index (κ2) is 4.19. The highest BCUT2D eigenvalue weighted by atomic mass is 16.1. The van der Waals surface area contributed by atoms with E-state index in [1.54, 1.807) is 30.3 Å². The maximum Gasteiger partial charge on any atom is 0.271 e. The van der Waals surface area contributed by atoms with E-state index in [9.17, 15) is 4.79 Å². The van der Waals surface area contributed by atoms with Crippen LogP contribution in [0, 0.1) is 11.3 Å². The van der Waals surface area contributed by atoms with E-state index in [-0.39, 0.29) is 11.0 Å². The van der Waals surface area contributed by atoms with Crippen molar-refractivity contribution in [1.29, 1.82) is 5.26 Å². The van der Waals surface area contributed by atoms with Crippen LogP contribution in [0.1, 0.15) is 32.0 Å². The minimum absolute atomic E-state index is 0.0929. The number of aromatic nitrogens is 2. The van der Waals surface area contributed by atoms with Crippen molar-refractivity contribution in [3.63, 3.8) is 0 Å². The minimum atomic E-state index is -0.100. The van der Waals surface area contributed by atoms with E-state index in [0.29, 0.717) is 5.56 Å². The zero-order valence-corrected chi connectivity index (χ0v) is 10.7. The molecule has 2 rings (SSSR count). The lowest BCUT2D eigenvalue weighted by Crippen LogP contribution is -2.14. The first kappa shape index (κ1) is 12.2. The van der Waals surface area contributed by atoms with Crippen LogP contribution in [0.4, 0.5) is 0 Å². The van der Waals surface area contributed by atoms with E-state index in [1.807, 2.05) is 20.8 Å². The van der Waals surface area contributed by atoms with E-state index in [0.717, 1.165) is 11.4 Å². The number of nitriles is 1. The third kappa shape index (κ3) is 2.21. The molecule has 0 atom stereocenters. The molecule has 1 aromatic carbocycles. The molecule has 0 amide bonds. The zero-order chi connectivity index (χ0) is 13.3. The SMILES string of the molecule is CC(C)(C)c1cc(=O)n(-c2ccc(C#N)cc2)[nH]1. The van der Waals surface area contributed by atoms with Crippen molar-refractivity contribution in [2.24, 2.45) is 0 Å². The van der Waals surface area contributed by atoms with Gasteiger partial charge < -0.3 is 0 Å². The first-order valence-electron chi connectivity index (χ1n) is 5.75. The standard InChI is InChI=1S/C14H15N3O/c1-14(2,3)12-8-13(18)17(16-12)11-6-4-10(9-15)5-7-11/h4-8,16H,1-3H3. The van der Waals surface area contributed by atoms with E-state index < -0.39 is 0 Å². The molecule has 1 aromatic heterocycles. The fraction of sp³-hybridized carbons (Fsp3) is 0.286. The number of aromatic amines is 1. The van der Waals surface area contributed by atoms with Gasteiger partial charge in [-0.1, -0.05) is 20.8 Å². The predicted octanol–water partition coefficient (Wildman–Crippen LogP) is 2.33. The number of nitrogens with one attached hydrogen (secondary N) is 1. The number of nitrogens with zero attached hydrogens (tertiary/aromatic N) is 2. The lowest BCUT2D eigenvalue weighted by Gasteiger charge is -2.15. The summed E-state index contributed by atoms with van der Waals surface area (Å²) in [6.07, 6.45) is 0. The molecule has 0 aliphatic rings. The molecule has 0 saturated heterocycles. The third-order valence-corrected chi connectivity index (χ3v) is 2.78. The molecule has 92 valence electrons. The van der Waals surface area contributed by atoms with Crippen molar-refractivity contribution in [2.75, 3.05) is 0 Å². The smallest absolute Gasteiger partial charge is 0.271 e. The Balaban J connectivity index is 2.48. The molecule has 0 unspecified atom stereocenters. The molecule has 2 aromatic rings. The summed E-state index contributed by atoms with van der Waals surface area (Å²) in [6.45, 7) is 6.13. The van der Waals surface area contributed by atoms with E-state index in [1.165, 1.54) is 4.68 Å². The maximum atomic E-state index is 11.9. The summed E-state index contributed by atoms with van der Waals surface area (Å²) in [5.41, 5.74) is 2.00. The highest BCUT2D eigenvalue weighted by Gasteiger charge is 2.17. The summed E-state index contributed by atoms with van der Waals surface area (Å²) in [7, 11) is 0. The molecule has 0 bridgehead atoms. The Morgan fingerprint density at radius 2 is 1.83 bits per heavy atom. The van der Waals surface area contributed by atoms with Gasteiger partial charge in [-0.25, -0.2) is 4.68 Å². The van der Waals surface area contributed by atoms with Gasteiger partial charge in [-0.15, -0.1) is 0 Å². The van der Waals surface area contributed by atoms with Crippen LogP contribution in [-0.4, -0.2) is 9.78 Å². The van der Waals surface area contributed by atoms with Gasteiger partial charge in [-0.3, -0.25) is 9.89 Å². The Morgan fingerprint density at radius 1 is 1.22 bits per heavy atom. The topological polar surface area (TPSA) is 61.6 Å². The van der Waals surface area contributed by atoms with Crippen LogP contribution in [0.15, 0.2) is 35.1 Å². The van der Waals surface area contributed by atoms with E-state index in [2.05, 4.69) is 11.2 Å². The summed E-state index contributed by atoms with van der Waals surface area (Å²) in [4.78, 5) is 11.9. The maximum absolute atomic E-state index is 11.9. The van der Waals surface area contributed by atoms with Gasteiger partial charge in [-0.2, -0.15) is 5.26 Å². The lowest BCUT2D eigenvalue weighted by molar-refractivity contribution is 0.560. The Bertz CT molecular complexity index is 648. The molecule has 0 fully saturated rings. The third-order valence-electron chi connectivity index (χ3n) is 2.78. The first-order valence-corrected chi connectivity index (χ1v) is 5.75. The average molecular weight is 241 g/mol. The molecule has 0 radical (unpaired) electrons. The van der Waals surface area contributed by atoms with Crippen LogP contribution >= 0.6 is 0 Å². The average Bonchev–Trinajstić information content (AvgIpc) is 2.71. The highest BCUT2D eigenvalue weighted by molar-refractivity contribution is 5.39. The van der Waals surface area contributed by atoms with Gasteiger partial charge in [-0.05, 0) is 24.3 Å². The quantitative estimate of drug-likeness (QED) is 0.833.